The maximum Gasteiger partial charge on any atom is 0.292 e. The van der Waals surface area contributed by atoms with Gasteiger partial charge in [-0.15, -0.1) is 0 Å². The van der Waals surface area contributed by atoms with Gasteiger partial charge in [0.2, 0.25) is 0 Å². The molecule has 0 spiro atoms. The first-order valence-electron chi connectivity index (χ1n) is 5.12. The van der Waals surface area contributed by atoms with Crippen LogP contribution >= 0.6 is 0 Å². The molecular formula is C11H14N2O2. The van der Waals surface area contributed by atoms with Crippen molar-refractivity contribution >= 4 is 11.4 Å². The van der Waals surface area contributed by atoms with Gasteiger partial charge in [-0.1, -0.05) is 26.0 Å². The van der Waals surface area contributed by atoms with Crippen LogP contribution in [0.5, 0.6) is 0 Å². The predicted molar refractivity (Wildman–Crippen MR) is 59.2 cm³/mol. The van der Waals surface area contributed by atoms with Crippen LogP contribution in [0.4, 0.5) is 11.4 Å². The highest BCUT2D eigenvalue weighted by atomic mass is 16.6. The van der Waals surface area contributed by atoms with Gasteiger partial charge < -0.3 is 5.32 Å². The molecule has 0 bridgehead atoms. The average Bonchev–Trinajstić information content (AvgIpc) is 2.59. The number of fused-ring (bicyclic) bond motifs is 1. The second kappa shape index (κ2) is 3.53. The molecule has 0 amide bonds. The van der Waals surface area contributed by atoms with E-state index in [4.69, 9.17) is 0 Å². The van der Waals surface area contributed by atoms with Gasteiger partial charge in [-0.2, -0.15) is 0 Å². The molecule has 0 radical (unpaired) electrons. The normalized spacial score (nSPS) is 18.7. The minimum Gasteiger partial charge on any atom is -0.379 e. The Labute approximate surface area is 88.5 Å². The number of hydrogen-bond acceptors (Lipinski definition) is 3. The van der Waals surface area contributed by atoms with Crippen molar-refractivity contribution in [1.82, 2.24) is 0 Å². The van der Waals surface area contributed by atoms with E-state index in [2.05, 4.69) is 19.2 Å². The van der Waals surface area contributed by atoms with Gasteiger partial charge >= 0.3 is 0 Å². The monoisotopic (exact) mass is 206 g/mol. The zero-order valence-corrected chi connectivity index (χ0v) is 8.86. The maximum atomic E-state index is 10.8. The predicted octanol–water partition coefficient (Wildman–Crippen LogP) is 2.76. The van der Waals surface area contributed by atoms with Crippen LogP contribution in [-0.2, 0) is 0 Å². The van der Waals surface area contributed by atoms with Crippen molar-refractivity contribution in [1.29, 1.82) is 0 Å². The van der Waals surface area contributed by atoms with Crippen molar-refractivity contribution in [3.8, 4) is 0 Å². The molecule has 1 N–H and O–H groups in total. The van der Waals surface area contributed by atoms with Gasteiger partial charge in [0.15, 0.2) is 0 Å². The summed E-state index contributed by atoms with van der Waals surface area (Å²) in [4.78, 5) is 10.5. The zero-order valence-electron chi connectivity index (χ0n) is 8.86. The van der Waals surface area contributed by atoms with E-state index in [-0.39, 0.29) is 10.6 Å². The number of nitro groups is 1. The Morgan fingerprint density at radius 3 is 2.87 bits per heavy atom. The Bertz CT molecular complexity index is 402. The highest BCUT2D eigenvalue weighted by Gasteiger charge is 2.30. The van der Waals surface area contributed by atoms with Gasteiger partial charge in [0.1, 0.15) is 5.69 Å². The fraction of sp³-hybridized carbons (Fsp3) is 0.455. The molecule has 4 nitrogen and oxygen atoms in total. The standard InChI is InChI=1S/C11H14N2O2/c1-7(2)9-6-12-11-8(9)4-3-5-10(11)13(14)15/h3-5,7,9,12H,6H2,1-2H3/t9-/m0/s1. The minimum atomic E-state index is -0.325. The molecule has 1 aliphatic rings. The van der Waals surface area contributed by atoms with Crippen LogP contribution in [-0.4, -0.2) is 11.5 Å². The highest BCUT2D eigenvalue weighted by Crippen LogP contribution is 2.41. The van der Waals surface area contributed by atoms with E-state index in [1.807, 2.05) is 6.07 Å². The largest absolute Gasteiger partial charge is 0.379 e. The van der Waals surface area contributed by atoms with E-state index in [0.717, 1.165) is 12.1 Å². The van der Waals surface area contributed by atoms with Crippen LogP contribution in [0.1, 0.15) is 25.3 Å². The number of hydrogen-bond donors (Lipinski definition) is 1. The molecule has 4 heteroatoms. The van der Waals surface area contributed by atoms with Gasteiger partial charge in [0.05, 0.1) is 4.92 Å². The average molecular weight is 206 g/mol. The van der Waals surface area contributed by atoms with E-state index in [1.54, 1.807) is 12.1 Å². The minimum absolute atomic E-state index is 0.190. The Morgan fingerprint density at radius 1 is 1.53 bits per heavy atom. The van der Waals surface area contributed by atoms with Crippen LogP contribution in [0.15, 0.2) is 18.2 Å². The van der Waals surface area contributed by atoms with E-state index in [1.165, 1.54) is 0 Å². The lowest BCUT2D eigenvalue weighted by molar-refractivity contribution is -0.383. The number of nitrogens with one attached hydrogen (secondary N) is 1. The lowest BCUT2D eigenvalue weighted by atomic mass is 9.90. The van der Waals surface area contributed by atoms with Crippen molar-refractivity contribution in [3.63, 3.8) is 0 Å². The molecule has 1 aromatic carbocycles. The van der Waals surface area contributed by atoms with E-state index >= 15 is 0 Å². The van der Waals surface area contributed by atoms with Crippen molar-refractivity contribution in [3.05, 3.63) is 33.9 Å². The second-order valence-electron chi connectivity index (χ2n) is 4.23. The van der Waals surface area contributed by atoms with Crippen molar-refractivity contribution in [2.45, 2.75) is 19.8 Å². The third kappa shape index (κ3) is 1.56. The van der Waals surface area contributed by atoms with Crippen molar-refractivity contribution in [2.75, 3.05) is 11.9 Å². The lowest BCUT2D eigenvalue weighted by Crippen LogP contribution is -2.08. The number of anilines is 1. The molecule has 1 heterocycles. The fourth-order valence-electron chi connectivity index (χ4n) is 2.13. The van der Waals surface area contributed by atoms with E-state index in [0.29, 0.717) is 17.5 Å². The first kappa shape index (κ1) is 9.96. The molecular weight excluding hydrogens is 192 g/mol. The third-order valence-corrected chi connectivity index (χ3v) is 2.97. The summed E-state index contributed by atoms with van der Waals surface area (Å²) in [6.45, 7) is 5.08. The summed E-state index contributed by atoms with van der Waals surface area (Å²) in [5, 5.41) is 13.9. The molecule has 2 rings (SSSR count). The Hall–Kier alpha value is -1.58. The van der Waals surface area contributed by atoms with Crippen molar-refractivity contribution < 1.29 is 4.92 Å². The van der Waals surface area contributed by atoms with Gasteiger partial charge in [0.25, 0.3) is 5.69 Å². The molecule has 1 aromatic rings. The summed E-state index contributed by atoms with van der Waals surface area (Å²) in [6, 6.07) is 5.29. The molecule has 0 aliphatic carbocycles. The molecule has 0 saturated carbocycles. The molecule has 0 saturated heterocycles. The van der Waals surface area contributed by atoms with E-state index in [9.17, 15) is 10.1 Å². The number of rotatable bonds is 2. The highest BCUT2D eigenvalue weighted by molar-refractivity contribution is 5.70. The summed E-state index contributed by atoms with van der Waals surface area (Å²) >= 11 is 0. The molecule has 0 fully saturated rings. The maximum absolute atomic E-state index is 10.8. The van der Waals surface area contributed by atoms with Crippen molar-refractivity contribution in [2.24, 2.45) is 5.92 Å². The van der Waals surface area contributed by atoms with Gasteiger partial charge in [0, 0.05) is 18.5 Å². The number of benzene rings is 1. The number of nitro benzene ring substituents is 1. The van der Waals surface area contributed by atoms with E-state index < -0.39 is 0 Å². The summed E-state index contributed by atoms with van der Waals surface area (Å²) in [5.74, 6) is 0.889. The number of nitrogens with zero attached hydrogens (tertiary/aromatic N) is 1. The molecule has 1 atom stereocenters. The SMILES string of the molecule is CC(C)[C@@H]1CNc2c1cccc2[N+](=O)[O-]. The topological polar surface area (TPSA) is 55.2 Å². The van der Waals surface area contributed by atoms with Crippen LogP contribution in [0, 0.1) is 16.0 Å². The summed E-state index contributed by atoms with van der Waals surface area (Å²) in [5.41, 5.74) is 1.98. The third-order valence-electron chi connectivity index (χ3n) is 2.97. The molecule has 0 unspecified atom stereocenters. The van der Waals surface area contributed by atoms with Crippen LogP contribution in [0.2, 0.25) is 0 Å². The molecule has 0 aromatic heterocycles. The Balaban J connectivity index is 2.48. The number of para-hydroxylation sites is 1. The smallest absolute Gasteiger partial charge is 0.292 e. The zero-order chi connectivity index (χ0) is 11.0. The van der Waals surface area contributed by atoms with Gasteiger partial charge in [-0.25, -0.2) is 0 Å². The first-order valence-corrected chi connectivity index (χ1v) is 5.12. The fourth-order valence-corrected chi connectivity index (χ4v) is 2.13. The summed E-state index contributed by atoms with van der Waals surface area (Å²) < 4.78 is 0. The van der Waals surface area contributed by atoms with Crippen LogP contribution in [0.25, 0.3) is 0 Å². The summed E-state index contributed by atoms with van der Waals surface area (Å²) in [7, 11) is 0. The van der Waals surface area contributed by atoms with Gasteiger partial charge in [-0.3, -0.25) is 10.1 Å². The second-order valence-corrected chi connectivity index (χ2v) is 4.23. The summed E-state index contributed by atoms with van der Waals surface area (Å²) in [6.07, 6.45) is 0. The van der Waals surface area contributed by atoms with Crippen LogP contribution < -0.4 is 5.32 Å². The molecule has 80 valence electrons. The van der Waals surface area contributed by atoms with Crippen LogP contribution in [0.3, 0.4) is 0 Å². The first-order chi connectivity index (χ1) is 7.11. The van der Waals surface area contributed by atoms with Gasteiger partial charge in [-0.05, 0) is 11.5 Å². The molecule has 15 heavy (non-hydrogen) atoms. The Morgan fingerprint density at radius 2 is 2.27 bits per heavy atom. The molecule has 1 aliphatic heterocycles. The lowest BCUT2D eigenvalue weighted by Gasteiger charge is -2.13. The quantitative estimate of drug-likeness (QED) is 0.598. The Kier molecular flexibility index (Phi) is 2.34.